The molecule has 5 rings (SSSR count). The van der Waals surface area contributed by atoms with Gasteiger partial charge < -0.3 is 10.2 Å². The minimum absolute atomic E-state index is 0.158. The van der Waals surface area contributed by atoms with E-state index in [9.17, 15) is 22.8 Å². The van der Waals surface area contributed by atoms with E-state index in [2.05, 4.69) is 27.3 Å². The van der Waals surface area contributed by atoms with Crippen LogP contribution in [0.15, 0.2) is 72.0 Å². The van der Waals surface area contributed by atoms with Gasteiger partial charge in [0.2, 0.25) is 5.91 Å². The molecular formula is C30H27ClF3N7O2S. The molecule has 0 bridgehead atoms. The van der Waals surface area contributed by atoms with Crippen LogP contribution in [0.1, 0.15) is 24.5 Å². The van der Waals surface area contributed by atoms with Gasteiger partial charge in [-0.2, -0.15) is 18.2 Å². The SMILES string of the molecule is CCCc1ccc(N(C)C)cc1N1C(=O)CS/C1=N\C(=O)Nc1ccc(-c2ncn(-c3ccc(C(F)(F)F)cc3)n2)cc1Cl. The van der Waals surface area contributed by atoms with Crippen molar-refractivity contribution in [2.45, 2.75) is 25.9 Å². The number of amidine groups is 1. The number of nitrogens with zero attached hydrogens (tertiary/aromatic N) is 6. The van der Waals surface area contributed by atoms with Crippen LogP contribution in [-0.4, -0.2) is 51.7 Å². The molecule has 1 aromatic heterocycles. The number of hydrogen-bond donors (Lipinski definition) is 1. The molecule has 1 aliphatic heterocycles. The molecule has 0 aliphatic carbocycles. The lowest BCUT2D eigenvalue weighted by atomic mass is 10.1. The number of amides is 3. The first-order valence-electron chi connectivity index (χ1n) is 13.5. The Labute approximate surface area is 260 Å². The van der Waals surface area contributed by atoms with E-state index >= 15 is 0 Å². The minimum Gasteiger partial charge on any atom is -0.378 e. The Morgan fingerprint density at radius 1 is 1.11 bits per heavy atom. The molecule has 3 amide bonds. The van der Waals surface area contributed by atoms with E-state index in [1.807, 2.05) is 37.2 Å². The largest absolute Gasteiger partial charge is 0.416 e. The number of thioether (sulfide) groups is 1. The number of aromatic nitrogens is 3. The normalized spacial score (nSPS) is 14.4. The van der Waals surface area contributed by atoms with Crippen LogP contribution in [0.5, 0.6) is 0 Å². The van der Waals surface area contributed by atoms with Gasteiger partial charge in [0.05, 0.1) is 33.4 Å². The molecule has 0 atom stereocenters. The van der Waals surface area contributed by atoms with E-state index in [0.29, 0.717) is 16.9 Å². The maximum absolute atomic E-state index is 13.0. The van der Waals surface area contributed by atoms with Crippen molar-refractivity contribution in [2.24, 2.45) is 4.99 Å². The second-order valence-corrected chi connectivity index (χ2v) is 11.4. The number of carbonyl (C=O) groups is 2. The number of urea groups is 1. The Balaban J connectivity index is 1.33. The van der Waals surface area contributed by atoms with Crippen molar-refractivity contribution in [1.29, 1.82) is 0 Å². The van der Waals surface area contributed by atoms with Crippen LogP contribution in [0.4, 0.5) is 35.0 Å². The number of alkyl halides is 3. The third-order valence-corrected chi connectivity index (χ3v) is 7.96. The highest BCUT2D eigenvalue weighted by Gasteiger charge is 2.32. The van der Waals surface area contributed by atoms with Crippen molar-refractivity contribution in [1.82, 2.24) is 14.8 Å². The van der Waals surface area contributed by atoms with Gasteiger partial charge in [-0.25, -0.2) is 14.5 Å². The fourth-order valence-corrected chi connectivity index (χ4v) is 5.60. The lowest BCUT2D eigenvalue weighted by Gasteiger charge is -2.22. The van der Waals surface area contributed by atoms with Gasteiger partial charge >= 0.3 is 12.2 Å². The maximum atomic E-state index is 13.0. The zero-order valence-electron chi connectivity index (χ0n) is 23.9. The van der Waals surface area contributed by atoms with Crippen LogP contribution in [-0.2, 0) is 17.4 Å². The van der Waals surface area contributed by atoms with Gasteiger partial charge in [-0.3, -0.25) is 9.69 Å². The highest BCUT2D eigenvalue weighted by Crippen LogP contribution is 2.34. The van der Waals surface area contributed by atoms with Gasteiger partial charge in [0.15, 0.2) is 11.0 Å². The lowest BCUT2D eigenvalue weighted by Crippen LogP contribution is -2.31. The molecule has 2 heterocycles. The first-order chi connectivity index (χ1) is 20.9. The van der Waals surface area contributed by atoms with Crippen molar-refractivity contribution in [3.05, 3.63) is 83.1 Å². The number of hydrogen-bond acceptors (Lipinski definition) is 6. The first-order valence-corrected chi connectivity index (χ1v) is 14.9. The maximum Gasteiger partial charge on any atom is 0.416 e. The Morgan fingerprint density at radius 2 is 1.86 bits per heavy atom. The summed E-state index contributed by atoms with van der Waals surface area (Å²) in [5, 5.41) is 7.46. The molecule has 228 valence electrons. The van der Waals surface area contributed by atoms with Crippen molar-refractivity contribution in [2.75, 3.05) is 35.0 Å². The molecular weight excluding hydrogens is 615 g/mol. The molecule has 0 unspecified atom stereocenters. The highest BCUT2D eigenvalue weighted by atomic mass is 35.5. The summed E-state index contributed by atoms with van der Waals surface area (Å²) < 4.78 is 40.0. The molecule has 4 aromatic rings. The summed E-state index contributed by atoms with van der Waals surface area (Å²) in [4.78, 5) is 37.8. The predicted molar refractivity (Wildman–Crippen MR) is 168 cm³/mol. The van der Waals surface area contributed by atoms with Gasteiger partial charge in [0.1, 0.15) is 6.33 Å². The Morgan fingerprint density at radius 3 is 2.52 bits per heavy atom. The molecule has 1 aliphatic rings. The number of nitrogens with one attached hydrogen (secondary N) is 1. The summed E-state index contributed by atoms with van der Waals surface area (Å²) in [6.45, 7) is 2.06. The molecule has 0 radical (unpaired) electrons. The summed E-state index contributed by atoms with van der Waals surface area (Å²) in [6, 6.07) is 14.5. The average Bonchev–Trinajstić information content (AvgIpc) is 3.61. The Bertz CT molecular complexity index is 1740. The van der Waals surface area contributed by atoms with Crippen molar-refractivity contribution in [3.8, 4) is 17.1 Å². The minimum atomic E-state index is -4.44. The van der Waals surface area contributed by atoms with Gasteiger partial charge in [-0.05, 0) is 66.6 Å². The van der Waals surface area contributed by atoms with Crippen molar-refractivity contribution in [3.63, 3.8) is 0 Å². The van der Waals surface area contributed by atoms with E-state index < -0.39 is 17.8 Å². The molecule has 0 spiro atoms. The third kappa shape index (κ3) is 6.73. The number of aryl methyl sites for hydroxylation is 1. The van der Waals surface area contributed by atoms with Gasteiger partial charge in [0, 0.05) is 25.3 Å². The molecule has 1 N–H and O–H groups in total. The summed E-state index contributed by atoms with van der Waals surface area (Å²) in [6.07, 6.45) is -1.41. The number of carbonyl (C=O) groups excluding carboxylic acids is 2. The van der Waals surface area contributed by atoms with E-state index in [4.69, 9.17) is 11.6 Å². The van der Waals surface area contributed by atoms with Crippen LogP contribution in [0, 0.1) is 0 Å². The summed E-state index contributed by atoms with van der Waals surface area (Å²) in [7, 11) is 3.83. The number of benzene rings is 3. The first kappa shape index (κ1) is 31.1. The Hall–Kier alpha value is -4.36. The summed E-state index contributed by atoms with van der Waals surface area (Å²) >= 11 is 7.65. The van der Waals surface area contributed by atoms with Gasteiger partial charge in [-0.15, -0.1) is 5.10 Å². The fraction of sp³-hybridized carbons (Fsp3) is 0.233. The van der Waals surface area contributed by atoms with Gasteiger partial charge in [0.25, 0.3) is 0 Å². The standard InChI is InChI=1S/C30H27ClF3N7O2S/c1-4-5-18-6-10-22(39(2)3)15-25(18)41-26(42)16-44-29(41)37-28(43)36-24-13-7-19(14-23(24)31)27-35-17-40(38-27)21-11-8-20(9-12-21)30(32,33)34/h6-15,17H,4-5,16H2,1-3H3,(H,36,43)/b37-29-. The van der Waals surface area contributed by atoms with Crippen LogP contribution >= 0.6 is 23.4 Å². The Kier molecular flexibility index (Phi) is 8.97. The molecule has 44 heavy (non-hydrogen) atoms. The van der Waals surface area contributed by atoms with Crippen LogP contribution in [0.25, 0.3) is 17.1 Å². The van der Waals surface area contributed by atoms with Crippen LogP contribution < -0.4 is 15.1 Å². The quantitative estimate of drug-likeness (QED) is 0.228. The van der Waals surface area contributed by atoms with Gasteiger partial charge in [-0.1, -0.05) is 42.8 Å². The van der Waals surface area contributed by atoms with E-state index in [-0.39, 0.29) is 33.4 Å². The zero-order valence-corrected chi connectivity index (χ0v) is 25.5. The van der Waals surface area contributed by atoms with Crippen molar-refractivity contribution < 1.29 is 22.8 Å². The summed E-state index contributed by atoms with van der Waals surface area (Å²) in [5.74, 6) is 0.274. The van der Waals surface area contributed by atoms with E-state index in [1.54, 1.807) is 18.2 Å². The molecule has 0 saturated carbocycles. The second-order valence-electron chi connectivity index (χ2n) is 10.1. The second kappa shape index (κ2) is 12.7. The molecule has 1 fully saturated rings. The number of anilines is 3. The van der Waals surface area contributed by atoms with Crippen molar-refractivity contribution >= 4 is 57.5 Å². The number of aliphatic imine (C=N–C) groups is 1. The fourth-order valence-electron chi connectivity index (χ4n) is 4.51. The number of rotatable bonds is 7. The smallest absolute Gasteiger partial charge is 0.378 e. The molecule has 1 saturated heterocycles. The van der Waals surface area contributed by atoms with E-state index in [1.165, 1.54) is 39.8 Å². The summed E-state index contributed by atoms with van der Waals surface area (Å²) in [5.41, 5.74) is 3.05. The lowest BCUT2D eigenvalue weighted by molar-refractivity contribution is -0.137. The van der Waals surface area contributed by atoms with Crippen LogP contribution in [0.3, 0.4) is 0 Å². The molecule has 3 aromatic carbocycles. The topological polar surface area (TPSA) is 95.7 Å². The number of halogens is 4. The molecule has 9 nitrogen and oxygen atoms in total. The monoisotopic (exact) mass is 641 g/mol. The van der Waals surface area contributed by atoms with E-state index in [0.717, 1.165) is 36.2 Å². The van der Waals surface area contributed by atoms with Crippen LogP contribution in [0.2, 0.25) is 5.02 Å². The highest BCUT2D eigenvalue weighted by molar-refractivity contribution is 8.15. The zero-order chi connectivity index (χ0) is 31.6. The average molecular weight is 642 g/mol. The predicted octanol–water partition coefficient (Wildman–Crippen LogP) is 7.29. The molecule has 14 heteroatoms. The third-order valence-electron chi connectivity index (χ3n) is 6.73.